The highest BCUT2D eigenvalue weighted by molar-refractivity contribution is 6.12. The molecular formula is C54H36N2O. The molecule has 0 saturated heterocycles. The number of para-hydroxylation sites is 3. The number of rotatable bonds is 7. The Balaban J connectivity index is 1.04. The molecule has 0 saturated carbocycles. The summed E-state index contributed by atoms with van der Waals surface area (Å²) >= 11 is 0. The first-order chi connectivity index (χ1) is 28.3. The monoisotopic (exact) mass is 728 g/mol. The average molecular weight is 729 g/mol. The van der Waals surface area contributed by atoms with Crippen molar-refractivity contribution in [3.05, 3.63) is 218 Å². The van der Waals surface area contributed by atoms with Gasteiger partial charge in [0.1, 0.15) is 11.2 Å². The van der Waals surface area contributed by atoms with E-state index in [1.165, 1.54) is 44.1 Å². The lowest BCUT2D eigenvalue weighted by molar-refractivity contribution is 0.669. The molecule has 0 aliphatic carbocycles. The lowest BCUT2D eigenvalue weighted by Gasteiger charge is -2.26. The van der Waals surface area contributed by atoms with E-state index in [0.29, 0.717) is 0 Å². The highest BCUT2D eigenvalue weighted by atomic mass is 16.3. The van der Waals surface area contributed by atoms with Crippen LogP contribution in [0.15, 0.2) is 223 Å². The van der Waals surface area contributed by atoms with Crippen molar-refractivity contribution in [2.75, 3.05) is 4.90 Å². The maximum Gasteiger partial charge on any atom is 0.136 e. The topological polar surface area (TPSA) is 21.3 Å². The van der Waals surface area contributed by atoms with Gasteiger partial charge in [0.15, 0.2) is 0 Å². The molecule has 2 aromatic heterocycles. The van der Waals surface area contributed by atoms with Crippen molar-refractivity contribution >= 4 is 60.8 Å². The molecule has 0 N–H and O–H groups in total. The number of anilines is 3. The summed E-state index contributed by atoms with van der Waals surface area (Å²) in [5.74, 6) is 0. The maximum atomic E-state index is 6.25. The molecule has 0 amide bonds. The quantitative estimate of drug-likeness (QED) is 0.163. The molecule has 0 fully saturated rings. The van der Waals surface area contributed by atoms with E-state index in [1.54, 1.807) is 0 Å². The second-order valence-corrected chi connectivity index (χ2v) is 14.5. The van der Waals surface area contributed by atoms with Crippen molar-refractivity contribution in [1.82, 2.24) is 4.57 Å². The van der Waals surface area contributed by atoms with Gasteiger partial charge in [0.05, 0.1) is 11.0 Å². The molecule has 2 heterocycles. The second-order valence-electron chi connectivity index (χ2n) is 14.5. The van der Waals surface area contributed by atoms with Gasteiger partial charge in [0.25, 0.3) is 0 Å². The lowest BCUT2D eigenvalue weighted by Crippen LogP contribution is -2.10. The normalized spacial score (nSPS) is 11.5. The van der Waals surface area contributed by atoms with Gasteiger partial charge in [-0.3, -0.25) is 0 Å². The van der Waals surface area contributed by atoms with E-state index in [9.17, 15) is 0 Å². The van der Waals surface area contributed by atoms with Crippen LogP contribution >= 0.6 is 0 Å². The van der Waals surface area contributed by atoms with Gasteiger partial charge in [-0.15, -0.1) is 0 Å². The molecule has 0 bridgehead atoms. The lowest BCUT2D eigenvalue weighted by atomic mass is 9.98. The zero-order valence-corrected chi connectivity index (χ0v) is 31.1. The van der Waals surface area contributed by atoms with Crippen LogP contribution in [0.5, 0.6) is 0 Å². The summed E-state index contributed by atoms with van der Waals surface area (Å²) in [5, 5.41) is 4.77. The second kappa shape index (κ2) is 13.6. The molecule has 0 aliphatic heterocycles. The van der Waals surface area contributed by atoms with E-state index in [0.717, 1.165) is 55.8 Å². The summed E-state index contributed by atoms with van der Waals surface area (Å²) in [7, 11) is 0. The summed E-state index contributed by atoms with van der Waals surface area (Å²) in [4.78, 5) is 2.36. The van der Waals surface area contributed by atoms with Crippen molar-refractivity contribution in [3.63, 3.8) is 0 Å². The van der Waals surface area contributed by atoms with Gasteiger partial charge in [0, 0.05) is 44.3 Å². The number of furan rings is 1. The third-order valence-corrected chi connectivity index (χ3v) is 11.2. The van der Waals surface area contributed by atoms with Crippen molar-refractivity contribution in [1.29, 1.82) is 0 Å². The zero-order valence-electron chi connectivity index (χ0n) is 31.1. The Hall–Kier alpha value is -7.62. The Bertz CT molecular complexity index is 3170. The van der Waals surface area contributed by atoms with E-state index in [1.807, 2.05) is 12.1 Å². The van der Waals surface area contributed by atoms with E-state index in [4.69, 9.17) is 4.42 Å². The predicted molar refractivity (Wildman–Crippen MR) is 239 cm³/mol. The summed E-state index contributed by atoms with van der Waals surface area (Å²) in [6, 6.07) is 78.1. The van der Waals surface area contributed by atoms with Crippen molar-refractivity contribution in [2.24, 2.45) is 0 Å². The van der Waals surface area contributed by atoms with Gasteiger partial charge in [-0.25, -0.2) is 0 Å². The van der Waals surface area contributed by atoms with E-state index < -0.39 is 0 Å². The molecule has 3 nitrogen and oxygen atoms in total. The van der Waals surface area contributed by atoms with Crippen molar-refractivity contribution < 1.29 is 4.42 Å². The van der Waals surface area contributed by atoms with E-state index >= 15 is 0 Å². The maximum absolute atomic E-state index is 6.25. The van der Waals surface area contributed by atoms with Gasteiger partial charge in [-0.2, -0.15) is 0 Å². The van der Waals surface area contributed by atoms with Crippen LogP contribution < -0.4 is 4.90 Å². The van der Waals surface area contributed by atoms with Gasteiger partial charge >= 0.3 is 0 Å². The third kappa shape index (κ3) is 5.68. The van der Waals surface area contributed by atoms with Crippen molar-refractivity contribution in [3.8, 4) is 39.1 Å². The van der Waals surface area contributed by atoms with Crippen LogP contribution in [-0.4, -0.2) is 4.57 Å². The summed E-state index contributed by atoms with van der Waals surface area (Å²) in [5.41, 5.74) is 15.6. The Morgan fingerprint density at radius 1 is 0.333 bits per heavy atom. The molecule has 57 heavy (non-hydrogen) atoms. The van der Waals surface area contributed by atoms with Crippen molar-refractivity contribution in [2.45, 2.75) is 0 Å². The minimum absolute atomic E-state index is 0.899. The summed E-state index contributed by atoms with van der Waals surface area (Å²) in [6.45, 7) is 0. The van der Waals surface area contributed by atoms with E-state index in [2.05, 4.69) is 216 Å². The van der Waals surface area contributed by atoms with Crippen LogP contribution in [0.3, 0.4) is 0 Å². The number of aromatic nitrogens is 1. The fraction of sp³-hybridized carbons (Fsp3) is 0. The Kier molecular flexibility index (Phi) is 7.82. The molecular weight excluding hydrogens is 693 g/mol. The molecule has 3 heteroatoms. The number of hydrogen-bond donors (Lipinski definition) is 0. The van der Waals surface area contributed by atoms with Gasteiger partial charge in [0.2, 0.25) is 0 Å². The first-order valence-corrected chi connectivity index (χ1v) is 19.4. The molecule has 11 aromatic rings. The average Bonchev–Trinajstić information content (AvgIpc) is 3.84. The molecule has 268 valence electrons. The molecule has 0 radical (unpaired) electrons. The molecule has 11 rings (SSSR count). The summed E-state index contributed by atoms with van der Waals surface area (Å²) < 4.78 is 8.63. The molecule has 9 aromatic carbocycles. The Labute approximate surface area is 330 Å². The minimum Gasteiger partial charge on any atom is -0.456 e. The van der Waals surface area contributed by atoms with Crippen LogP contribution in [-0.2, 0) is 0 Å². The number of hydrogen-bond acceptors (Lipinski definition) is 2. The Morgan fingerprint density at radius 3 is 1.56 bits per heavy atom. The van der Waals surface area contributed by atoms with Crippen LogP contribution in [0, 0.1) is 0 Å². The number of nitrogens with zero attached hydrogens (tertiary/aromatic N) is 2. The van der Waals surface area contributed by atoms with Gasteiger partial charge in [-0.1, -0.05) is 146 Å². The fourth-order valence-electron chi connectivity index (χ4n) is 8.54. The van der Waals surface area contributed by atoms with Crippen LogP contribution in [0.4, 0.5) is 17.1 Å². The first kappa shape index (κ1) is 32.8. The third-order valence-electron chi connectivity index (χ3n) is 11.2. The standard InChI is InChI=1S/C54H36N2O/c1-2-13-37(14-3-1)40-15-10-16-41(35-40)38-27-31-42(32-28-38)55(43-33-29-39(30-34-43)46-22-12-26-53-54(46)49-21-6-9-25-52(49)57-53)44-17-11-18-45(36-44)56-50-23-7-4-19-47(50)48-20-5-8-24-51(48)56/h1-36H. The van der Waals surface area contributed by atoms with Crippen LogP contribution in [0.1, 0.15) is 0 Å². The number of fused-ring (bicyclic) bond motifs is 6. The molecule has 0 unspecified atom stereocenters. The SMILES string of the molecule is c1ccc(-c2cccc(-c3ccc(N(c4ccc(-c5cccc6oc7ccccc7c56)cc4)c4cccc(-n5c6ccccc6c6ccccc65)c4)cc3)c2)cc1. The molecule has 0 aliphatic rings. The number of benzene rings is 9. The molecule has 0 spiro atoms. The highest BCUT2D eigenvalue weighted by Gasteiger charge is 2.18. The van der Waals surface area contributed by atoms with Crippen LogP contribution in [0.2, 0.25) is 0 Å². The largest absolute Gasteiger partial charge is 0.456 e. The van der Waals surface area contributed by atoms with Crippen LogP contribution in [0.25, 0.3) is 82.8 Å². The summed E-state index contributed by atoms with van der Waals surface area (Å²) in [6.07, 6.45) is 0. The van der Waals surface area contributed by atoms with Gasteiger partial charge in [-0.05, 0) is 106 Å². The smallest absolute Gasteiger partial charge is 0.136 e. The fourth-order valence-corrected chi connectivity index (χ4v) is 8.54. The first-order valence-electron chi connectivity index (χ1n) is 19.4. The minimum atomic E-state index is 0.899. The highest BCUT2D eigenvalue weighted by Crippen LogP contribution is 2.41. The molecule has 0 atom stereocenters. The zero-order chi connectivity index (χ0) is 37.7. The Morgan fingerprint density at radius 2 is 0.860 bits per heavy atom. The predicted octanol–water partition coefficient (Wildman–Crippen LogP) is 15.2. The van der Waals surface area contributed by atoms with E-state index in [-0.39, 0.29) is 0 Å². The van der Waals surface area contributed by atoms with Gasteiger partial charge < -0.3 is 13.9 Å².